The number of nitrogens with one attached hydrogen (secondary N) is 1. The van der Waals surface area contributed by atoms with Gasteiger partial charge in [0, 0.05) is 16.2 Å². The molecule has 1 amide bonds. The third kappa shape index (κ3) is 4.58. The highest BCUT2D eigenvalue weighted by Crippen LogP contribution is 2.21. The van der Waals surface area contributed by atoms with Crippen molar-refractivity contribution in [3.8, 4) is 0 Å². The van der Waals surface area contributed by atoms with E-state index >= 15 is 0 Å². The molecule has 1 aliphatic heterocycles. The van der Waals surface area contributed by atoms with Crippen LogP contribution in [-0.4, -0.2) is 41.1 Å². The quantitative estimate of drug-likeness (QED) is 0.866. The lowest BCUT2D eigenvalue weighted by molar-refractivity contribution is -0.117. The summed E-state index contributed by atoms with van der Waals surface area (Å²) in [7, 11) is 0. The highest BCUT2D eigenvalue weighted by molar-refractivity contribution is 9.10. The van der Waals surface area contributed by atoms with Gasteiger partial charge in [-0.05, 0) is 50.9 Å². The van der Waals surface area contributed by atoms with E-state index in [4.69, 9.17) is 0 Å². The van der Waals surface area contributed by atoms with E-state index in [0.29, 0.717) is 12.6 Å². The van der Waals surface area contributed by atoms with Crippen molar-refractivity contribution in [1.29, 1.82) is 0 Å². The monoisotopic (exact) mass is 340 g/mol. The molecule has 110 valence electrons. The predicted molar refractivity (Wildman–Crippen MR) is 83.7 cm³/mol. The van der Waals surface area contributed by atoms with Crippen LogP contribution in [0.4, 0.5) is 5.69 Å². The zero-order valence-electron chi connectivity index (χ0n) is 11.7. The van der Waals surface area contributed by atoms with E-state index in [1.807, 2.05) is 24.3 Å². The molecule has 1 fully saturated rings. The molecule has 1 aromatic carbocycles. The average molecular weight is 341 g/mol. The first-order chi connectivity index (χ1) is 9.54. The molecule has 1 aromatic rings. The number of halogens is 1. The molecule has 4 nitrogen and oxygen atoms in total. The van der Waals surface area contributed by atoms with Gasteiger partial charge in [0.05, 0.1) is 12.6 Å². The third-order valence-corrected chi connectivity index (χ3v) is 4.06. The fourth-order valence-corrected chi connectivity index (χ4v) is 3.11. The molecule has 1 aliphatic rings. The lowest BCUT2D eigenvalue weighted by Crippen LogP contribution is -2.38. The van der Waals surface area contributed by atoms with Gasteiger partial charge >= 0.3 is 0 Å². The topological polar surface area (TPSA) is 52.6 Å². The standard InChI is InChI=1S/C15H21BrN2O2/c1-11(19)8-14-6-3-7-18(14)10-15(20)17-13-5-2-4-12(16)9-13/h2,4-5,9,11,14,19H,3,6-8,10H2,1H3,(H,17,20). The van der Waals surface area contributed by atoms with E-state index in [1.165, 1.54) is 0 Å². The van der Waals surface area contributed by atoms with Crippen molar-refractivity contribution in [3.05, 3.63) is 28.7 Å². The summed E-state index contributed by atoms with van der Waals surface area (Å²) in [5, 5.41) is 12.4. The van der Waals surface area contributed by atoms with Gasteiger partial charge in [0.25, 0.3) is 0 Å². The van der Waals surface area contributed by atoms with Crippen molar-refractivity contribution in [2.45, 2.75) is 38.3 Å². The minimum atomic E-state index is -0.311. The summed E-state index contributed by atoms with van der Waals surface area (Å²) in [5.74, 6) is 0.000549. The number of carbonyl (C=O) groups excluding carboxylic acids is 1. The number of benzene rings is 1. The second-order valence-corrected chi connectivity index (χ2v) is 6.33. The van der Waals surface area contributed by atoms with Crippen molar-refractivity contribution >= 4 is 27.5 Å². The van der Waals surface area contributed by atoms with Crippen LogP contribution in [0.2, 0.25) is 0 Å². The maximum Gasteiger partial charge on any atom is 0.238 e. The Labute approximate surface area is 128 Å². The van der Waals surface area contributed by atoms with Gasteiger partial charge in [-0.1, -0.05) is 22.0 Å². The van der Waals surface area contributed by atoms with E-state index in [-0.39, 0.29) is 12.0 Å². The van der Waals surface area contributed by atoms with Crippen LogP contribution in [0.5, 0.6) is 0 Å². The Hall–Kier alpha value is -0.910. The molecule has 0 radical (unpaired) electrons. The Morgan fingerprint density at radius 1 is 1.60 bits per heavy atom. The Kier molecular flexibility index (Phi) is 5.57. The maximum absolute atomic E-state index is 12.1. The molecule has 0 spiro atoms. The highest BCUT2D eigenvalue weighted by Gasteiger charge is 2.27. The van der Waals surface area contributed by atoms with Crippen LogP contribution in [0.15, 0.2) is 28.7 Å². The fraction of sp³-hybridized carbons (Fsp3) is 0.533. The van der Waals surface area contributed by atoms with Crippen LogP contribution < -0.4 is 5.32 Å². The molecule has 2 atom stereocenters. The van der Waals surface area contributed by atoms with E-state index < -0.39 is 0 Å². The maximum atomic E-state index is 12.1. The number of aliphatic hydroxyl groups is 1. The van der Waals surface area contributed by atoms with Crippen LogP contribution in [0.25, 0.3) is 0 Å². The summed E-state index contributed by atoms with van der Waals surface area (Å²) in [5.41, 5.74) is 0.802. The van der Waals surface area contributed by atoms with Crippen LogP contribution >= 0.6 is 15.9 Å². The Morgan fingerprint density at radius 2 is 2.40 bits per heavy atom. The molecule has 2 rings (SSSR count). The summed E-state index contributed by atoms with van der Waals surface area (Å²) < 4.78 is 0.948. The number of amides is 1. The summed E-state index contributed by atoms with van der Waals surface area (Å²) in [6.45, 7) is 3.13. The minimum absolute atomic E-state index is 0.000549. The third-order valence-electron chi connectivity index (χ3n) is 3.57. The number of nitrogens with zero attached hydrogens (tertiary/aromatic N) is 1. The zero-order valence-corrected chi connectivity index (χ0v) is 13.3. The Bertz CT molecular complexity index is 465. The SMILES string of the molecule is CC(O)CC1CCCN1CC(=O)Nc1cccc(Br)c1. The van der Waals surface area contributed by atoms with Crippen LogP contribution in [0.3, 0.4) is 0 Å². The summed E-state index contributed by atoms with van der Waals surface area (Å²) in [6, 6.07) is 7.90. The van der Waals surface area contributed by atoms with Gasteiger partial charge in [0.15, 0.2) is 0 Å². The molecule has 20 heavy (non-hydrogen) atoms. The summed E-state index contributed by atoms with van der Waals surface area (Å²) in [6.07, 6.45) is 2.59. The second-order valence-electron chi connectivity index (χ2n) is 5.41. The first-order valence-electron chi connectivity index (χ1n) is 7.02. The molecule has 5 heteroatoms. The molecule has 2 unspecified atom stereocenters. The second kappa shape index (κ2) is 7.20. The average Bonchev–Trinajstić information content (AvgIpc) is 2.75. The minimum Gasteiger partial charge on any atom is -0.393 e. The van der Waals surface area contributed by atoms with Gasteiger partial charge in [-0.25, -0.2) is 0 Å². The van der Waals surface area contributed by atoms with Crippen LogP contribution in [0, 0.1) is 0 Å². The Balaban J connectivity index is 1.87. The number of likely N-dealkylation sites (tertiary alicyclic amines) is 1. The molecule has 2 N–H and O–H groups in total. The molecule has 1 heterocycles. The van der Waals surface area contributed by atoms with E-state index in [2.05, 4.69) is 26.1 Å². The molecular weight excluding hydrogens is 320 g/mol. The van der Waals surface area contributed by atoms with Gasteiger partial charge in [-0.3, -0.25) is 9.69 Å². The molecule has 0 aromatic heterocycles. The van der Waals surface area contributed by atoms with E-state index in [1.54, 1.807) is 6.92 Å². The predicted octanol–water partition coefficient (Wildman–Crippen LogP) is 2.62. The van der Waals surface area contributed by atoms with E-state index in [9.17, 15) is 9.90 Å². The number of rotatable bonds is 5. The smallest absolute Gasteiger partial charge is 0.238 e. The summed E-state index contributed by atoms with van der Waals surface area (Å²) >= 11 is 3.39. The number of hydrogen-bond donors (Lipinski definition) is 2. The van der Waals surface area contributed by atoms with Crippen molar-refractivity contribution in [1.82, 2.24) is 4.90 Å². The number of hydrogen-bond acceptors (Lipinski definition) is 3. The van der Waals surface area contributed by atoms with Crippen molar-refractivity contribution in [2.75, 3.05) is 18.4 Å². The number of carbonyl (C=O) groups is 1. The highest BCUT2D eigenvalue weighted by atomic mass is 79.9. The fourth-order valence-electron chi connectivity index (χ4n) is 2.72. The van der Waals surface area contributed by atoms with Gasteiger partial charge in [0.2, 0.25) is 5.91 Å². The van der Waals surface area contributed by atoms with Crippen molar-refractivity contribution < 1.29 is 9.90 Å². The van der Waals surface area contributed by atoms with Crippen LogP contribution in [-0.2, 0) is 4.79 Å². The lowest BCUT2D eigenvalue weighted by atomic mass is 10.1. The normalized spacial score (nSPS) is 20.9. The van der Waals surface area contributed by atoms with Gasteiger partial charge < -0.3 is 10.4 Å². The molecule has 0 saturated carbocycles. The molecule has 0 bridgehead atoms. The van der Waals surface area contributed by atoms with Gasteiger partial charge in [0.1, 0.15) is 0 Å². The molecule has 1 saturated heterocycles. The van der Waals surface area contributed by atoms with Gasteiger partial charge in [-0.15, -0.1) is 0 Å². The first-order valence-corrected chi connectivity index (χ1v) is 7.81. The Morgan fingerprint density at radius 3 is 3.10 bits per heavy atom. The molecular formula is C15H21BrN2O2. The largest absolute Gasteiger partial charge is 0.393 e. The van der Waals surface area contributed by atoms with Gasteiger partial charge in [-0.2, -0.15) is 0 Å². The molecule has 0 aliphatic carbocycles. The summed E-state index contributed by atoms with van der Waals surface area (Å²) in [4.78, 5) is 14.2. The zero-order chi connectivity index (χ0) is 14.5. The lowest BCUT2D eigenvalue weighted by Gasteiger charge is -2.24. The van der Waals surface area contributed by atoms with Crippen molar-refractivity contribution in [3.63, 3.8) is 0 Å². The van der Waals surface area contributed by atoms with E-state index in [0.717, 1.165) is 36.0 Å². The first kappa shape index (κ1) is 15.5. The van der Waals surface area contributed by atoms with Crippen molar-refractivity contribution in [2.24, 2.45) is 0 Å². The number of anilines is 1. The number of aliphatic hydroxyl groups excluding tert-OH is 1. The van der Waals surface area contributed by atoms with Crippen LogP contribution in [0.1, 0.15) is 26.2 Å².